The molecule has 1 aliphatic rings. The second-order valence-corrected chi connectivity index (χ2v) is 9.76. The molecule has 3 heterocycles. The van der Waals surface area contributed by atoms with Crippen LogP contribution in [0.25, 0.3) is 5.13 Å². The fourth-order valence-corrected chi connectivity index (χ4v) is 5.61. The minimum absolute atomic E-state index is 0.0578. The Morgan fingerprint density at radius 1 is 1.09 bits per heavy atom. The number of amides is 2. The molecule has 4 aromatic rings. The van der Waals surface area contributed by atoms with Gasteiger partial charge in [-0.2, -0.15) is 10.2 Å². The summed E-state index contributed by atoms with van der Waals surface area (Å²) >= 11 is 1.32. The van der Waals surface area contributed by atoms with E-state index in [0.29, 0.717) is 5.13 Å². The maximum absolute atomic E-state index is 13.0. The first kappa shape index (κ1) is 20.0. The predicted molar refractivity (Wildman–Crippen MR) is 114 cm³/mol. The summed E-state index contributed by atoms with van der Waals surface area (Å²) in [6.45, 7) is 0.213. The van der Waals surface area contributed by atoms with E-state index in [4.69, 9.17) is 0 Å². The molecule has 0 unspecified atom stereocenters. The summed E-state index contributed by atoms with van der Waals surface area (Å²) in [6.07, 6.45) is 4.70. The molecule has 0 saturated carbocycles. The van der Waals surface area contributed by atoms with Crippen LogP contribution >= 0.6 is 11.3 Å². The van der Waals surface area contributed by atoms with Crippen LogP contribution in [0.2, 0.25) is 0 Å². The van der Waals surface area contributed by atoms with Gasteiger partial charge in [0.1, 0.15) is 0 Å². The lowest BCUT2D eigenvalue weighted by Gasteiger charge is -2.10. The predicted octanol–water partition coefficient (Wildman–Crippen LogP) is 2.05. The lowest BCUT2D eigenvalue weighted by Crippen LogP contribution is -2.22. The summed E-state index contributed by atoms with van der Waals surface area (Å²) in [5, 5.41) is 13.9. The van der Waals surface area contributed by atoms with Gasteiger partial charge >= 0.3 is 0 Å². The molecule has 2 aromatic carbocycles. The number of sulfone groups is 1. The van der Waals surface area contributed by atoms with Gasteiger partial charge in [0.25, 0.3) is 11.8 Å². The molecule has 10 nitrogen and oxygen atoms in total. The Morgan fingerprint density at radius 3 is 2.69 bits per heavy atom. The van der Waals surface area contributed by atoms with E-state index >= 15 is 0 Å². The highest BCUT2D eigenvalue weighted by molar-refractivity contribution is 7.91. The zero-order valence-corrected chi connectivity index (χ0v) is 17.9. The normalized spacial score (nSPS) is 14.1. The summed E-state index contributed by atoms with van der Waals surface area (Å²) < 4.78 is 26.1. The minimum Gasteiger partial charge on any atom is -0.347 e. The Hall–Kier alpha value is -3.90. The lowest BCUT2D eigenvalue weighted by molar-refractivity contribution is 0.0949. The summed E-state index contributed by atoms with van der Waals surface area (Å²) in [7, 11) is -3.92. The van der Waals surface area contributed by atoms with Gasteiger partial charge in [0, 0.05) is 16.6 Å². The molecule has 0 spiro atoms. The Balaban J connectivity index is 1.38. The van der Waals surface area contributed by atoms with Gasteiger partial charge in [-0.3, -0.25) is 9.59 Å². The van der Waals surface area contributed by atoms with E-state index in [-0.39, 0.29) is 33.2 Å². The van der Waals surface area contributed by atoms with Crippen molar-refractivity contribution in [3.8, 4) is 5.13 Å². The van der Waals surface area contributed by atoms with Gasteiger partial charge in [0.05, 0.1) is 40.0 Å². The van der Waals surface area contributed by atoms with Crippen molar-refractivity contribution in [2.45, 2.75) is 16.3 Å². The van der Waals surface area contributed by atoms with Gasteiger partial charge in [0.2, 0.25) is 15.0 Å². The molecule has 32 heavy (non-hydrogen) atoms. The molecular weight excluding hydrogens is 452 g/mol. The zero-order chi connectivity index (χ0) is 22.3. The van der Waals surface area contributed by atoms with Crippen molar-refractivity contribution in [1.29, 1.82) is 0 Å². The van der Waals surface area contributed by atoms with Crippen molar-refractivity contribution in [3.63, 3.8) is 0 Å². The molecule has 160 valence electrons. The number of anilines is 1. The molecule has 0 radical (unpaired) electrons. The average Bonchev–Trinajstić information content (AvgIpc) is 3.47. The number of thiazole rings is 1. The van der Waals surface area contributed by atoms with Crippen LogP contribution in [0, 0.1) is 0 Å². The molecule has 12 heteroatoms. The molecule has 2 aromatic heterocycles. The first-order valence-corrected chi connectivity index (χ1v) is 11.6. The quantitative estimate of drug-likeness (QED) is 0.470. The highest BCUT2D eigenvalue weighted by Crippen LogP contribution is 2.34. The van der Waals surface area contributed by atoms with Gasteiger partial charge < -0.3 is 10.6 Å². The van der Waals surface area contributed by atoms with Crippen LogP contribution in [-0.4, -0.2) is 40.2 Å². The third-order valence-corrected chi connectivity index (χ3v) is 7.59. The molecular formula is C20H14N6O4S2. The average molecular weight is 467 g/mol. The molecule has 5 rings (SSSR count). The van der Waals surface area contributed by atoms with E-state index < -0.39 is 21.7 Å². The Labute approximate surface area is 185 Å². The highest BCUT2D eigenvalue weighted by Gasteiger charge is 2.31. The number of hydrogen-bond acceptors (Lipinski definition) is 8. The van der Waals surface area contributed by atoms with Crippen molar-refractivity contribution < 1.29 is 18.0 Å². The van der Waals surface area contributed by atoms with Gasteiger partial charge in [-0.05, 0) is 30.3 Å². The van der Waals surface area contributed by atoms with Gasteiger partial charge in [0.15, 0.2) is 0 Å². The Bertz CT molecular complexity index is 1460. The lowest BCUT2D eigenvalue weighted by atomic mass is 10.1. The third-order valence-electron chi connectivity index (χ3n) is 4.76. The number of nitrogens with one attached hydrogen (secondary N) is 2. The molecule has 0 saturated heterocycles. The van der Waals surface area contributed by atoms with E-state index in [1.165, 1.54) is 46.5 Å². The van der Waals surface area contributed by atoms with Gasteiger partial charge in [-0.15, -0.1) is 4.80 Å². The van der Waals surface area contributed by atoms with Crippen LogP contribution in [0.5, 0.6) is 0 Å². The number of rotatable bonds is 4. The number of carbonyl (C=O) groups excluding carboxylic acids is 2. The first-order chi connectivity index (χ1) is 15.4. The number of fused-ring (bicyclic) bond motifs is 2. The van der Waals surface area contributed by atoms with Crippen molar-refractivity contribution >= 4 is 38.7 Å². The first-order valence-electron chi connectivity index (χ1n) is 9.32. The highest BCUT2D eigenvalue weighted by atomic mass is 32.2. The minimum atomic E-state index is -3.92. The maximum atomic E-state index is 13.0. The molecule has 0 aliphatic carbocycles. The second kappa shape index (κ2) is 7.66. The van der Waals surface area contributed by atoms with Crippen LogP contribution in [0.1, 0.15) is 25.6 Å². The van der Waals surface area contributed by atoms with Crippen molar-refractivity contribution in [1.82, 2.24) is 25.3 Å². The van der Waals surface area contributed by atoms with Crippen LogP contribution in [0.4, 0.5) is 5.69 Å². The number of hydrogen-bond donors (Lipinski definition) is 2. The van der Waals surface area contributed by atoms with E-state index in [2.05, 4.69) is 25.8 Å². The van der Waals surface area contributed by atoms with Crippen LogP contribution < -0.4 is 10.6 Å². The van der Waals surface area contributed by atoms with E-state index in [0.717, 1.165) is 4.88 Å². The molecule has 2 amide bonds. The molecule has 0 atom stereocenters. The third kappa shape index (κ3) is 3.44. The number of carbonyl (C=O) groups is 2. The fourth-order valence-electron chi connectivity index (χ4n) is 3.26. The summed E-state index contributed by atoms with van der Waals surface area (Å²) in [5.74, 6) is -0.974. The van der Waals surface area contributed by atoms with Crippen molar-refractivity contribution in [2.24, 2.45) is 0 Å². The number of nitrogens with zero attached hydrogens (tertiary/aromatic N) is 4. The largest absolute Gasteiger partial charge is 0.347 e. The van der Waals surface area contributed by atoms with Crippen molar-refractivity contribution in [2.75, 3.05) is 5.32 Å². The molecule has 2 N–H and O–H groups in total. The molecule has 1 aliphatic heterocycles. The molecule has 0 fully saturated rings. The zero-order valence-electron chi connectivity index (χ0n) is 16.2. The van der Waals surface area contributed by atoms with E-state index in [9.17, 15) is 18.0 Å². The van der Waals surface area contributed by atoms with Gasteiger partial charge in [-0.1, -0.05) is 23.5 Å². The van der Waals surface area contributed by atoms with E-state index in [1.807, 2.05) is 0 Å². The summed E-state index contributed by atoms with van der Waals surface area (Å²) in [6, 6.07) is 10.1. The topological polar surface area (TPSA) is 136 Å². The van der Waals surface area contributed by atoms with Crippen LogP contribution in [-0.2, 0) is 16.4 Å². The monoisotopic (exact) mass is 466 g/mol. The summed E-state index contributed by atoms with van der Waals surface area (Å²) in [5.41, 5.74) is 0.328. The standard InChI is InChI=1S/C20H14N6O4S2/c27-18(21-10-13-11-22-20(31-13)26-23-7-8-24-26)12-5-6-17-15(9-12)25-19(28)14-3-1-2-4-16(14)32(17,29)30/h1-9,11H,10H2,(H,21,27)(H,25,28). The van der Waals surface area contributed by atoms with Crippen molar-refractivity contribution in [3.05, 3.63) is 77.1 Å². The number of benzene rings is 2. The van der Waals surface area contributed by atoms with Gasteiger partial charge in [-0.25, -0.2) is 13.4 Å². The summed E-state index contributed by atoms with van der Waals surface area (Å²) in [4.78, 5) is 31.5. The Kier molecular flexibility index (Phi) is 4.79. The Morgan fingerprint density at radius 2 is 1.88 bits per heavy atom. The number of aromatic nitrogens is 4. The fraction of sp³-hybridized carbons (Fsp3) is 0.0500. The molecule has 0 bridgehead atoms. The van der Waals surface area contributed by atoms with E-state index in [1.54, 1.807) is 30.7 Å². The SMILES string of the molecule is O=C(NCc1cnc(-n2nccn2)s1)c1ccc2c(c1)NC(=O)c1ccccc1S2(=O)=O. The second-order valence-electron chi connectivity index (χ2n) is 6.78. The van der Waals surface area contributed by atoms with Crippen LogP contribution in [0.15, 0.2) is 70.8 Å². The maximum Gasteiger partial charge on any atom is 0.257 e. The smallest absolute Gasteiger partial charge is 0.257 e. The van der Waals surface area contributed by atoms with Crippen LogP contribution in [0.3, 0.4) is 0 Å².